The summed E-state index contributed by atoms with van der Waals surface area (Å²) in [7, 11) is 0. The lowest BCUT2D eigenvalue weighted by molar-refractivity contribution is 0.305. The maximum atomic E-state index is 13.2. The largest absolute Gasteiger partial charge is 0.409 e. The normalized spacial score (nSPS) is 12.5. The molecule has 1 aromatic rings. The van der Waals surface area contributed by atoms with Crippen molar-refractivity contribution >= 4 is 11.5 Å². The van der Waals surface area contributed by atoms with Gasteiger partial charge in [-0.1, -0.05) is 25.1 Å². The van der Waals surface area contributed by atoms with Crippen LogP contribution in [-0.2, 0) is 0 Å². The van der Waals surface area contributed by atoms with Crippen LogP contribution in [-0.4, -0.2) is 24.1 Å². The zero-order valence-electron chi connectivity index (χ0n) is 11.7. The highest BCUT2D eigenvalue weighted by Crippen LogP contribution is 2.23. The zero-order valence-corrected chi connectivity index (χ0v) is 11.7. The molecular formula is C14H22FN3O. The summed E-state index contributed by atoms with van der Waals surface area (Å²) in [6, 6.07) is 6.52. The molecule has 0 heterocycles. The van der Waals surface area contributed by atoms with Crippen LogP contribution in [0.3, 0.4) is 0 Å². The molecule has 0 saturated heterocycles. The molecule has 1 rings (SSSR count). The van der Waals surface area contributed by atoms with Gasteiger partial charge >= 0.3 is 0 Å². The molecule has 4 nitrogen and oxygen atoms in total. The van der Waals surface area contributed by atoms with E-state index in [1.807, 2.05) is 26.8 Å². The Kier molecular flexibility index (Phi) is 5.15. The van der Waals surface area contributed by atoms with Crippen LogP contribution < -0.4 is 10.6 Å². The van der Waals surface area contributed by atoms with Gasteiger partial charge in [0.2, 0.25) is 0 Å². The van der Waals surface area contributed by atoms with Crippen LogP contribution in [0, 0.1) is 11.2 Å². The maximum absolute atomic E-state index is 13.2. The molecular weight excluding hydrogens is 245 g/mol. The van der Waals surface area contributed by atoms with Crippen molar-refractivity contribution < 1.29 is 9.60 Å². The van der Waals surface area contributed by atoms with Gasteiger partial charge in [0.25, 0.3) is 0 Å². The van der Waals surface area contributed by atoms with E-state index in [2.05, 4.69) is 10.1 Å². The second-order valence-corrected chi connectivity index (χ2v) is 5.18. The zero-order chi connectivity index (χ0) is 14.5. The summed E-state index contributed by atoms with van der Waals surface area (Å²) in [6.07, 6.45) is 0.716. The third-order valence-corrected chi connectivity index (χ3v) is 3.36. The summed E-state index contributed by atoms with van der Waals surface area (Å²) in [6.45, 7) is 7.34. The van der Waals surface area contributed by atoms with Crippen LogP contribution in [0.25, 0.3) is 0 Å². The number of benzene rings is 1. The standard InChI is InChI=1S/C14H22FN3O/c1-4-18(12-7-5-6-11(15)10-12)9-8-14(2,3)13(16)17-19/h5-7,10,19H,4,8-9H2,1-3H3,(H2,16,17). The fourth-order valence-corrected chi connectivity index (χ4v) is 1.82. The molecule has 5 heteroatoms. The summed E-state index contributed by atoms with van der Waals surface area (Å²) in [5.41, 5.74) is 6.11. The smallest absolute Gasteiger partial charge is 0.144 e. The van der Waals surface area contributed by atoms with Crippen molar-refractivity contribution in [3.05, 3.63) is 30.1 Å². The Morgan fingerprint density at radius 3 is 2.68 bits per heavy atom. The third kappa shape index (κ3) is 4.12. The van der Waals surface area contributed by atoms with Crippen molar-refractivity contribution in [1.82, 2.24) is 0 Å². The van der Waals surface area contributed by atoms with Crippen molar-refractivity contribution in [3.8, 4) is 0 Å². The minimum Gasteiger partial charge on any atom is -0.409 e. The van der Waals surface area contributed by atoms with Crippen molar-refractivity contribution in [2.75, 3.05) is 18.0 Å². The highest BCUT2D eigenvalue weighted by molar-refractivity contribution is 5.85. The van der Waals surface area contributed by atoms with E-state index in [0.717, 1.165) is 12.2 Å². The first-order chi connectivity index (χ1) is 8.90. The van der Waals surface area contributed by atoms with Gasteiger partial charge in [0.1, 0.15) is 11.7 Å². The minimum absolute atomic E-state index is 0.211. The highest BCUT2D eigenvalue weighted by atomic mass is 19.1. The first-order valence-corrected chi connectivity index (χ1v) is 6.39. The molecule has 0 saturated carbocycles. The number of rotatable bonds is 6. The van der Waals surface area contributed by atoms with Gasteiger partial charge in [-0.25, -0.2) is 4.39 Å². The molecule has 0 bridgehead atoms. The highest BCUT2D eigenvalue weighted by Gasteiger charge is 2.24. The second kappa shape index (κ2) is 6.41. The van der Waals surface area contributed by atoms with Crippen molar-refractivity contribution in [2.45, 2.75) is 27.2 Å². The average Bonchev–Trinajstić information content (AvgIpc) is 2.38. The van der Waals surface area contributed by atoms with Crippen molar-refractivity contribution in [3.63, 3.8) is 0 Å². The summed E-state index contributed by atoms with van der Waals surface area (Å²) >= 11 is 0. The first-order valence-electron chi connectivity index (χ1n) is 6.39. The molecule has 0 fully saturated rings. The monoisotopic (exact) mass is 267 g/mol. The van der Waals surface area contributed by atoms with Crippen LogP contribution in [0.15, 0.2) is 29.4 Å². The number of hydrogen-bond donors (Lipinski definition) is 2. The molecule has 3 N–H and O–H groups in total. The lowest BCUT2D eigenvalue weighted by atomic mass is 9.88. The Balaban J connectivity index is 2.74. The van der Waals surface area contributed by atoms with E-state index in [1.165, 1.54) is 12.1 Å². The molecule has 0 unspecified atom stereocenters. The van der Waals surface area contributed by atoms with Gasteiger partial charge in [-0.05, 0) is 31.5 Å². The lowest BCUT2D eigenvalue weighted by Crippen LogP contribution is -2.36. The number of hydrogen-bond acceptors (Lipinski definition) is 3. The number of anilines is 1. The number of oxime groups is 1. The van der Waals surface area contributed by atoms with Gasteiger partial charge in [0.15, 0.2) is 0 Å². The molecule has 19 heavy (non-hydrogen) atoms. The third-order valence-electron chi connectivity index (χ3n) is 3.36. The summed E-state index contributed by atoms with van der Waals surface area (Å²) < 4.78 is 13.2. The molecule has 0 aliphatic heterocycles. The number of nitrogens with zero attached hydrogens (tertiary/aromatic N) is 2. The second-order valence-electron chi connectivity index (χ2n) is 5.18. The molecule has 0 aliphatic rings. The van der Waals surface area contributed by atoms with Crippen molar-refractivity contribution in [1.29, 1.82) is 0 Å². The van der Waals surface area contributed by atoms with E-state index >= 15 is 0 Å². The Morgan fingerprint density at radius 1 is 1.47 bits per heavy atom. The van der Waals surface area contributed by atoms with E-state index < -0.39 is 5.41 Å². The van der Waals surface area contributed by atoms with Gasteiger partial charge < -0.3 is 15.8 Å². The molecule has 0 atom stereocenters. The predicted octanol–water partition coefficient (Wildman–Crippen LogP) is 2.81. The van der Waals surface area contributed by atoms with Gasteiger partial charge in [0.05, 0.1) is 0 Å². The molecule has 0 amide bonds. The fourth-order valence-electron chi connectivity index (χ4n) is 1.82. The Hall–Kier alpha value is -1.78. The Morgan fingerprint density at radius 2 is 2.16 bits per heavy atom. The fraction of sp³-hybridized carbons (Fsp3) is 0.500. The molecule has 106 valence electrons. The van der Waals surface area contributed by atoms with E-state index in [-0.39, 0.29) is 11.7 Å². The lowest BCUT2D eigenvalue weighted by Gasteiger charge is -2.29. The number of amidine groups is 1. The molecule has 0 radical (unpaired) electrons. The van der Waals surface area contributed by atoms with Crippen LogP contribution in [0.5, 0.6) is 0 Å². The van der Waals surface area contributed by atoms with Gasteiger partial charge in [0, 0.05) is 24.2 Å². The topological polar surface area (TPSA) is 61.8 Å². The van der Waals surface area contributed by atoms with E-state index in [4.69, 9.17) is 10.9 Å². The summed E-state index contributed by atoms with van der Waals surface area (Å²) in [5.74, 6) is -0.0329. The number of halogens is 1. The molecule has 0 aromatic heterocycles. The first kappa shape index (κ1) is 15.3. The number of nitrogens with two attached hydrogens (primary N) is 1. The van der Waals surface area contributed by atoms with E-state index in [1.54, 1.807) is 6.07 Å². The summed E-state index contributed by atoms with van der Waals surface area (Å²) in [4.78, 5) is 2.06. The van der Waals surface area contributed by atoms with Crippen LogP contribution >= 0.6 is 0 Å². The van der Waals surface area contributed by atoms with Crippen molar-refractivity contribution in [2.24, 2.45) is 16.3 Å². The average molecular weight is 267 g/mol. The predicted molar refractivity (Wildman–Crippen MR) is 76.1 cm³/mol. The molecule has 0 spiro atoms. The van der Waals surface area contributed by atoms with Crippen LogP contribution in [0.2, 0.25) is 0 Å². The van der Waals surface area contributed by atoms with Crippen LogP contribution in [0.4, 0.5) is 10.1 Å². The SMILES string of the molecule is CCN(CCC(C)(C)C(N)=NO)c1cccc(F)c1. The Labute approximate surface area is 113 Å². The van der Waals surface area contributed by atoms with Gasteiger partial charge in [-0.3, -0.25) is 0 Å². The maximum Gasteiger partial charge on any atom is 0.144 e. The van der Waals surface area contributed by atoms with Gasteiger partial charge in [-0.15, -0.1) is 0 Å². The van der Waals surface area contributed by atoms with E-state index in [9.17, 15) is 4.39 Å². The minimum atomic E-state index is -0.393. The molecule has 1 aromatic carbocycles. The van der Waals surface area contributed by atoms with Crippen LogP contribution in [0.1, 0.15) is 27.2 Å². The summed E-state index contributed by atoms with van der Waals surface area (Å²) in [5, 5.41) is 11.8. The Bertz CT molecular complexity index is 446. The quantitative estimate of drug-likeness (QED) is 0.360. The molecule has 0 aliphatic carbocycles. The van der Waals surface area contributed by atoms with Gasteiger partial charge in [-0.2, -0.15) is 0 Å². The van der Waals surface area contributed by atoms with E-state index in [0.29, 0.717) is 13.0 Å².